The van der Waals surface area contributed by atoms with Gasteiger partial charge >= 0.3 is 0 Å². The van der Waals surface area contributed by atoms with Crippen LogP contribution >= 0.6 is 11.6 Å². The molecule has 0 unspecified atom stereocenters. The quantitative estimate of drug-likeness (QED) is 0.754. The summed E-state index contributed by atoms with van der Waals surface area (Å²) in [7, 11) is -1.94. The lowest BCUT2D eigenvalue weighted by Gasteiger charge is -2.26. The number of rotatable bonds is 6. The summed E-state index contributed by atoms with van der Waals surface area (Å²) < 4.78 is 25.7. The molecule has 0 atom stereocenters. The van der Waals surface area contributed by atoms with E-state index in [4.69, 9.17) is 11.6 Å². The molecule has 0 fully saturated rings. The molecule has 2 rings (SSSR count). The third-order valence-corrected chi connectivity index (χ3v) is 5.45. The Kier molecular flexibility index (Phi) is 6.31. The number of hydrogen-bond acceptors (Lipinski definition) is 3. The van der Waals surface area contributed by atoms with Crippen LogP contribution in [0.1, 0.15) is 16.7 Å². The molecule has 1 amide bonds. The van der Waals surface area contributed by atoms with Crippen molar-refractivity contribution in [3.63, 3.8) is 0 Å². The van der Waals surface area contributed by atoms with E-state index in [1.165, 1.54) is 4.90 Å². The van der Waals surface area contributed by atoms with E-state index in [2.05, 4.69) is 0 Å². The Morgan fingerprint density at radius 3 is 2.27 bits per heavy atom. The molecule has 0 aliphatic carbocycles. The molecule has 0 aromatic heterocycles. The van der Waals surface area contributed by atoms with Crippen molar-refractivity contribution in [3.05, 3.63) is 64.2 Å². The fourth-order valence-electron chi connectivity index (χ4n) is 2.56. The smallest absolute Gasteiger partial charge is 0.243 e. The van der Waals surface area contributed by atoms with Crippen molar-refractivity contribution in [1.29, 1.82) is 0 Å². The van der Waals surface area contributed by atoms with E-state index in [-0.39, 0.29) is 12.5 Å². The van der Waals surface area contributed by atoms with E-state index in [9.17, 15) is 13.2 Å². The van der Waals surface area contributed by atoms with Gasteiger partial charge in [0.2, 0.25) is 15.9 Å². The highest BCUT2D eigenvalue weighted by Gasteiger charge is 2.24. The molecule has 0 saturated carbocycles. The highest BCUT2D eigenvalue weighted by atomic mass is 35.5. The molecular formula is C19H23ClN2O3S. The number of aryl methyl sites for hydroxylation is 2. The van der Waals surface area contributed by atoms with Crippen molar-refractivity contribution in [2.24, 2.45) is 0 Å². The molecule has 2 aromatic carbocycles. The minimum atomic E-state index is -3.60. The number of halogens is 1. The third kappa shape index (κ3) is 5.22. The number of likely N-dealkylation sites (N-methyl/N-ethyl adjacent to an activating group) is 1. The van der Waals surface area contributed by atoms with Gasteiger partial charge in [0.15, 0.2) is 0 Å². The average molecular weight is 395 g/mol. The number of nitrogens with zero attached hydrogens (tertiary/aromatic N) is 2. The number of sulfonamides is 1. The maximum absolute atomic E-state index is 12.6. The van der Waals surface area contributed by atoms with Crippen LogP contribution in [0.5, 0.6) is 0 Å². The van der Waals surface area contributed by atoms with Crippen LogP contribution in [0.15, 0.2) is 42.5 Å². The van der Waals surface area contributed by atoms with Gasteiger partial charge in [-0.1, -0.05) is 35.9 Å². The topological polar surface area (TPSA) is 57.7 Å². The molecule has 2 aromatic rings. The highest BCUT2D eigenvalue weighted by molar-refractivity contribution is 7.92. The predicted molar refractivity (Wildman–Crippen MR) is 106 cm³/mol. The van der Waals surface area contributed by atoms with Crippen molar-refractivity contribution in [2.75, 3.05) is 24.2 Å². The number of benzene rings is 2. The zero-order chi connectivity index (χ0) is 19.5. The fourth-order valence-corrected chi connectivity index (χ4v) is 3.59. The minimum Gasteiger partial charge on any atom is -0.340 e. The van der Waals surface area contributed by atoms with Gasteiger partial charge < -0.3 is 4.90 Å². The lowest BCUT2D eigenvalue weighted by atomic mass is 10.1. The second kappa shape index (κ2) is 8.10. The van der Waals surface area contributed by atoms with Crippen LogP contribution in [0.2, 0.25) is 5.02 Å². The minimum absolute atomic E-state index is 0.243. The Labute approximate surface area is 160 Å². The number of carbonyl (C=O) groups excluding carboxylic acids is 1. The van der Waals surface area contributed by atoms with Crippen LogP contribution in [-0.2, 0) is 21.4 Å². The Morgan fingerprint density at radius 2 is 1.69 bits per heavy atom. The summed E-state index contributed by atoms with van der Waals surface area (Å²) in [6.07, 6.45) is 1.11. The van der Waals surface area contributed by atoms with E-state index < -0.39 is 10.0 Å². The lowest BCUT2D eigenvalue weighted by Crippen LogP contribution is -2.41. The zero-order valence-electron chi connectivity index (χ0n) is 15.4. The summed E-state index contributed by atoms with van der Waals surface area (Å²) in [5.74, 6) is -0.286. The number of anilines is 1. The lowest BCUT2D eigenvalue weighted by molar-refractivity contribution is -0.128. The maximum atomic E-state index is 12.6. The standard InChI is InChI=1S/C19H23ClN2O3S/c1-14-5-6-15(2)18(11-14)22(26(4,24)25)13-19(23)21(3)12-16-7-9-17(20)10-8-16/h5-11H,12-13H2,1-4H3. The first-order valence-electron chi connectivity index (χ1n) is 8.11. The second-order valence-electron chi connectivity index (χ2n) is 6.44. The molecule has 0 radical (unpaired) electrons. The SMILES string of the molecule is Cc1ccc(C)c(N(CC(=O)N(C)Cc2ccc(Cl)cc2)S(C)(=O)=O)c1. The summed E-state index contributed by atoms with van der Waals surface area (Å²) in [6.45, 7) is 3.85. The number of hydrogen-bond donors (Lipinski definition) is 0. The first kappa shape index (κ1) is 20.3. The normalized spacial score (nSPS) is 11.3. The van der Waals surface area contributed by atoms with Gasteiger partial charge in [0, 0.05) is 18.6 Å². The monoisotopic (exact) mass is 394 g/mol. The van der Waals surface area contributed by atoms with Gasteiger partial charge in [-0.2, -0.15) is 0 Å². The fraction of sp³-hybridized carbons (Fsp3) is 0.316. The molecule has 7 heteroatoms. The second-order valence-corrected chi connectivity index (χ2v) is 8.78. The molecule has 0 bridgehead atoms. The molecule has 0 aliphatic rings. The molecule has 0 spiro atoms. The van der Waals surface area contributed by atoms with Gasteiger partial charge in [-0.25, -0.2) is 8.42 Å². The summed E-state index contributed by atoms with van der Waals surface area (Å²) in [5.41, 5.74) is 3.18. The summed E-state index contributed by atoms with van der Waals surface area (Å²) >= 11 is 5.87. The van der Waals surface area contributed by atoms with Crippen LogP contribution in [0.4, 0.5) is 5.69 Å². The zero-order valence-corrected chi connectivity index (χ0v) is 16.9. The van der Waals surface area contributed by atoms with Crippen molar-refractivity contribution in [2.45, 2.75) is 20.4 Å². The molecule has 0 heterocycles. The summed E-state index contributed by atoms with van der Waals surface area (Å²) in [6, 6.07) is 12.7. The van der Waals surface area contributed by atoms with Crippen LogP contribution in [-0.4, -0.2) is 39.1 Å². The number of amides is 1. The Hall–Kier alpha value is -2.05. The third-order valence-electron chi connectivity index (χ3n) is 4.07. The first-order valence-corrected chi connectivity index (χ1v) is 10.3. The van der Waals surface area contributed by atoms with Gasteiger partial charge in [-0.15, -0.1) is 0 Å². The molecule has 0 aliphatic heterocycles. The maximum Gasteiger partial charge on any atom is 0.243 e. The van der Waals surface area contributed by atoms with Gasteiger partial charge in [0.25, 0.3) is 0 Å². The van der Waals surface area contributed by atoms with E-state index in [0.29, 0.717) is 17.3 Å². The van der Waals surface area contributed by atoms with Gasteiger partial charge in [-0.3, -0.25) is 9.10 Å². The Morgan fingerprint density at radius 1 is 1.08 bits per heavy atom. The van der Waals surface area contributed by atoms with Crippen LogP contribution in [0.25, 0.3) is 0 Å². The summed E-state index contributed by atoms with van der Waals surface area (Å²) in [4.78, 5) is 14.1. The molecule has 0 N–H and O–H groups in total. The van der Waals surface area contributed by atoms with Gasteiger partial charge in [0.1, 0.15) is 6.54 Å². The number of carbonyl (C=O) groups is 1. The molecule has 140 valence electrons. The van der Waals surface area contributed by atoms with E-state index in [1.54, 1.807) is 25.2 Å². The van der Waals surface area contributed by atoms with Crippen molar-refractivity contribution in [3.8, 4) is 0 Å². The van der Waals surface area contributed by atoms with Gasteiger partial charge in [-0.05, 0) is 48.7 Å². The predicted octanol–water partition coefficient (Wildman–Crippen LogP) is 3.38. The Bertz CT molecular complexity index is 896. The van der Waals surface area contributed by atoms with Crippen LogP contribution in [0.3, 0.4) is 0 Å². The van der Waals surface area contributed by atoms with E-state index >= 15 is 0 Å². The van der Waals surface area contributed by atoms with Crippen LogP contribution in [0, 0.1) is 13.8 Å². The largest absolute Gasteiger partial charge is 0.340 e. The van der Waals surface area contributed by atoms with Gasteiger partial charge in [0.05, 0.1) is 11.9 Å². The summed E-state index contributed by atoms with van der Waals surface area (Å²) in [5, 5.41) is 0.626. The van der Waals surface area contributed by atoms with Crippen LogP contribution < -0.4 is 4.31 Å². The molecular weight excluding hydrogens is 372 g/mol. The molecule has 0 saturated heterocycles. The highest BCUT2D eigenvalue weighted by Crippen LogP contribution is 2.24. The van der Waals surface area contributed by atoms with E-state index in [1.807, 2.05) is 38.1 Å². The first-order chi connectivity index (χ1) is 12.1. The Balaban J connectivity index is 2.21. The molecule has 5 nitrogen and oxygen atoms in total. The van der Waals surface area contributed by atoms with Crippen molar-refractivity contribution in [1.82, 2.24) is 4.90 Å². The van der Waals surface area contributed by atoms with Crippen molar-refractivity contribution < 1.29 is 13.2 Å². The van der Waals surface area contributed by atoms with E-state index in [0.717, 1.165) is 27.3 Å². The van der Waals surface area contributed by atoms with Crippen molar-refractivity contribution >= 4 is 33.2 Å². The average Bonchev–Trinajstić information content (AvgIpc) is 2.56. The molecule has 26 heavy (non-hydrogen) atoms.